The lowest BCUT2D eigenvalue weighted by atomic mass is 10.1. The van der Waals surface area contributed by atoms with Crippen molar-refractivity contribution in [1.29, 1.82) is 5.26 Å². The summed E-state index contributed by atoms with van der Waals surface area (Å²) in [5.41, 5.74) is 10.1. The van der Waals surface area contributed by atoms with Gasteiger partial charge in [-0.05, 0) is 91.0 Å². The molecule has 6 heteroatoms. The topological polar surface area (TPSA) is 59.7 Å². The van der Waals surface area contributed by atoms with E-state index in [0.717, 1.165) is 60.6 Å². The molecule has 0 atom stereocenters. The third kappa shape index (κ3) is 3.35. The summed E-state index contributed by atoms with van der Waals surface area (Å²) in [5, 5.41) is 17.6. The summed E-state index contributed by atoms with van der Waals surface area (Å²) in [6.07, 6.45) is 1.88. The van der Waals surface area contributed by atoms with Crippen LogP contribution in [0.4, 0.5) is 0 Å². The molecule has 6 aromatic carbocycles. The van der Waals surface area contributed by atoms with E-state index in [1.807, 2.05) is 35.7 Å². The van der Waals surface area contributed by atoms with Gasteiger partial charge in [0.05, 0.1) is 43.9 Å². The summed E-state index contributed by atoms with van der Waals surface area (Å²) in [6, 6.07) is 46.9. The van der Waals surface area contributed by atoms with Crippen LogP contribution >= 0.6 is 11.3 Å². The second kappa shape index (κ2) is 9.32. The van der Waals surface area contributed by atoms with Crippen LogP contribution < -0.4 is 0 Å². The van der Waals surface area contributed by atoms with Crippen molar-refractivity contribution >= 4 is 97.2 Å². The van der Waals surface area contributed by atoms with Gasteiger partial charge in [0.1, 0.15) is 11.2 Å². The zero-order valence-corrected chi connectivity index (χ0v) is 26.1. The molecule has 11 aromatic rings. The zero-order chi connectivity index (χ0) is 31.5. The minimum atomic E-state index is 0.657. The molecule has 5 aromatic heterocycles. The summed E-state index contributed by atoms with van der Waals surface area (Å²) in [4.78, 5) is 4.72. The Kier molecular flexibility index (Phi) is 5.00. The number of pyridine rings is 1. The standard InChI is InChI=1S/C42H22N4OS/c43-23-24-11-15-35-30(20-24)27-6-1-3-8-33(27)45(35)25-12-17-37-31(21-25)32-22-26(13-18-38(32)47-37)46-34-9-4-2-7-28(34)40-36(46)16-14-29-41-39(48-42(29)40)10-5-19-44-41/h1-22H. The molecule has 0 saturated heterocycles. The van der Waals surface area contributed by atoms with Crippen molar-refractivity contribution in [2.24, 2.45) is 0 Å². The Morgan fingerprint density at radius 1 is 0.562 bits per heavy atom. The molecule has 5 heterocycles. The third-order valence-corrected chi connectivity index (χ3v) is 11.0. The van der Waals surface area contributed by atoms with Crippen molar-refractivity contribution in [3.63, 3.8) is 0 Å². The molecule has 0 saturated carbocycles. The number of thiophene rings is 1. The van der Waals surface area contributed by atoms with E-state index in [1.54, 1.807) is 0 Å². The van der Waals surface area contributed by atoms with Gasteiger partial charge in [-0.15, -0.1) is 11.3 Å². The van der Waals surface area contributed by atoms with Crippen LogP contribution in [0, 0.1) is 11.3 Å². The normalized spacial score (nSPS) is 12.1. The molecule has 0 amide bonds. The molecule has 0 fully saturated rings. The van der Waals surface area contributed by atoms with Crippen molar-refractivity contribution in [1.82, 2.24) is 14.1 Å². The average molecular weight is 631 g/mol. The van der Waals surface area contributed by atoms with Crippen LogP contribution in [0.1, 0.15) is 5.56 Å². The maximum atomic E-state index is 9.60. The second-order valence-electron chi connectivity index (χ2n) is 12.3. The van der Waals surface area contributed by atoms with Crippen molar-refractivity contribution in [3.05, 3.63) is 139 Å². The number of hydrogen-bond donors (Lipinski definition) is 0. The molecule has 0 aliphatic rings. The van der Waals surface area contributed by atoms with E-state index in [2.05, 4.69) is 124 Å². The molecule has 0 aliphatic heterocycles. The van der Waals surface area contributed by atoms with E-state index in [0.29, 0.717) is 5.56 Å². The predicted molar refractivity (Wildman–Crippen MR) is 198 cm³/mol. The van der Waals surface area contributed by atoms with Gasteiger partial charge in [0, 0.05) is 60.0 Å². The van der Waals surface area contributed by atoms with Gasteiger partial charge in [0.15, 0.2) is 0 Å². The molecule has 11 rings (SSSR count). The minimum absolute atomic E-state index is 0.657. The smallest absolute Gasteiger partial charge is 0.135 e. The lowest BCUT2D eigenvalue weighted by molar-refractivity contribution is 0.669. The number of fused-ring (bicyclic) bond motifs is 13. The molecule has 0 unspecified atom stereocenters. The van der Waals surface area contributed by atoms with Crippen LogP contribution in [0.5, 0.6) is 0 Å². The maximum Gasteiger partial charge on any atom is 0.135 e. The fraction of sp³-hybridized carbons (Fsp3) is 0. The van der Waals surface area contributed by atoms with Crippen molar-refractivity contribution in [2.75, 3.05) is 0 Å². The van der Waals surface area contributed by atoms with Crippen LogP contribution in [0.2, 0.25) is 0 Å². The second-order valence-corrected chi connectivity index (χ2v) is 13.4. The highest BCUT2D eigenvalue weighted by Gasteiger charge is 2.19. The van der Waals surface area contributed by atoms with Crippen molar-refractivity contribution in [3.8, 4) is 17.4 Å². The molecular formula is C42H22N4OS. The molecule has 0 aliphatic carbocycles. The summed E-state index contributed by atoms with van der Waals surface area (Å²) in [7, 11) is 0. The van der Waals surface area contributed by atoms with E-state index >= 15 is 0 Å². The van der Waals surface area contributed by atoms with Crippen LogP contribution in [0.15, 0.2) is 138 Å². The van der Waals surface area contributed by atoms with E-state index < -0.39 is 0 Å². The number of nitrogens with zero attached hydrogens (tertiary/aromatic N) is 4. The SMILES string of the molecule is N#Cc1ccc2c(c1)c1ccccc1n2-c1ccc2oc3ccc(-n4c5ccccc5c5c6sc7cccnc7c6ccc54)cc3c2c1. The maximum absolute atomic E-state index is 9.60. The summed E-state index contributed by atoms with van der Waals surface area (Å²) < 4.78 is 13.5. The van der Waals surface area contributed by atoms with E-state index in [9.17, 15) is 5.26 Å². The molecule has 222 valence electrons. The number of para-hydroxylation sites is 2. The fourth-order valence-electron chi connectivity index (χ4n) is 7.74. The predicted octanol–water partition coefficient (Wildman–Crippen LogP) is 11.4. The van der Waals surface area contributed by atoms with Gasteiger partial charge in [-0.1, -0.05) is 36.4 Å². The first-order valence-corrected chi connectivity index (χ1v) is 16.7. The van der Waals surface area contributed by atoms with Crippen LogP contribution in [0.25, 0.3) is 97.2 Å². The molecular weight excluding hydrogens is 609 g/mol. The monoisotopic (exact) mass is 630 g/mol. The fourth-order valence-corrected chi connectivity index (χ4v) is 8.95. The summed E-state index contributed by atoms with van der Waals surface area (Å²) in [5.74, 6) is 0. The van der Waals surface area contributed by atoms with Crippen molar-refractivity contribution in [2.45, 2.75) is 0 Å². The largest absolute Gasteiger partial charge is 0.456 e. The number of benzene rings is 6. The van der Waals surface area contributed by atoms with E-state index in [4.69, 9.17) is 9.40 Å². The Labute approximate surface area is 276 Å². The Morgan fingerprint density at radius 2 is 1.23 bits per heavy atom. The summed E-state index contributed by atoms with van der Waals surface area (Å²) in [6.45, 7) is 0. The lowest BCUT2D eigenvalue weighted by Gasteiger charge is -2.09. The Balaban J connectivity index is 1.17. The molecule has 0 radical (unpaired) electrons. The first-order chi connectivity index (χ1) is 23.7. The van der Waals surface area contributed by atoms with Gasteiger partial charge in [-0.2, -0.15) is 5.26 Å². The quantitative estimate of drug-likeness (QED) is 0.191. The lowest BCUT2D eigenvalue weighted by Crippen LogP contribution is -1.94. The Bertz CT molecular complexity index is 3200. The first-order valence-electron chi connectivity index (χ1n) is 15.8. The van der Waals surface area contributed by atoms with E-state index in [1.165, 1.54) is 36.6 Å². The van der Waals surface area contributed by atoms with E-state index in [-0.39, 0.29) is 0 Å². The Morgan fingerprint density at radius 3 is 2.00 bits per heavy atom. The average Bonchev–Trinajstić information content (AvgIpc) is 3.88. The number of nitriles is 1. The van der Waals surface area contributed by atoms with Gasteiger partial charge in [-0.25, -0.2) is 0 Å². The number of furan rings is 1. The number of rotatable bonds is 2. The minimum Gasteiger partial charge on any atom is -0.456 e. The Hall–Kier alpha value is -6.42. The highest BCUT2D eigenvalue weighted by atomic mass is 32.1. The van der Waals surface area contributed by atoms with Gasteiger partial charge in [0.25, 0.3) is 0 Å². The first kappa shape index (κ1) is 25.7. The third-order valence-electron chi connectivity index (χ3n) is 9.78. The van der Waals surface area contributed by atoms with Gasteiger partial charge < -0.3 is 13.6 Å². The van der Waals surface area contributed by atoms with Gasteiger partial charge in [-0.3, -0.25) is 4.98 Å². The highest BCUT2D eigenvalue weighted by Crippen LogP contribution is 2.43. The molecule has 0 N–H and O–H groups in total. The van der Waals surface area contributed by atoms with Crippen molar-refractivity contribution < 1.29 is 4.42 Å². The molecule has 0 spiro atoms. The highest BCUT2D eigenvalue weighted by molar-refractivity contribution is 7.26. The van der Waals surface area contributed by atoms with Crippen LogP contribution in [-0.4, -0.2) is 14.1 Å². The van der Waals surface area contributed by atoms with Gasteiger partial charge >= 0.3 is 0 Å². The molecule has 48 heavy (non-hydrogen) atoms. The molecule has 5 nitrogen and oxygen atoms in total. The zero-order valence-electron chi connectivity index (χ0n) is 25.3. The van der Waals surface area contributed by atoms with Gasteiger partial charge in [0.2, 0.25) is 0 Å². The van der Waals surface area contributed by atoms with Crippen LogP contribution in [0.3, 0.4) is 0 Å². The number of aromatic nitrogens is 3. The number of hydrogen-bond acceptors (Lipinski definition) is 4. The summed E-state index contributed by atoms with van der Waals surface area (Å²) >= 11 is 1.81. The van der Waals surface area contributed by atoms with Crippen LogP contribution in [-0.2, 0) is 0 Å². The molecule has 0 bridgehead atoms.